The third kappa shape index (κ3) is 3.45. The van der Waals surface area contributed by atoms with Gasteiger partial charge in [0.05, 0.1) is 17.1 Å². The second kappa shape index (κ2) is 6.85. The second-order valence-electron chi connectivity index (χ2n) is 4.58. The highest BCUT2D eigenvalue weighted by Crippen LogP contribution is 2.26. The number of hydrogen-bond acceptors (Lipinski definition) is 5. The Labute approximate surface area is 117 Å². The van der Waals surface area contributed by atoms with Gasteiger partial charge in [-0.05, 0) is 19.9 Å². The molecule has 1 rings (SSSR count). The topological polar surface area (TPSA) is 98.7 Å². The summed E-state index contributed by atoms with van der Waals surface area (Å²) in [6.07, 6.45) is 0. The van der Waals surface area contributed by atoms with Crippen molar-refractivity contribution in [3.8, 4) is 0 Å². The van der Waals surface area contributed by atoms with Crippen molar-refractivity contribution in [3.63, 3.8) is 0 Å². The summed E-state index contributed by atoms with van der Waals surface area (Å²) in [5.74, 6) is -0.335. The molecule has 7 heteroatoms. The number of anilines is 1. The smallest absolute Gasteiger partial charge is 0.292 e. The molecule has 2 N–H and O–H groups in total. The molecule has 0 bridgehead atoms. The van der Waals surface area contributed by atoms with Gasteiger partial charge in [-0.25, -0.2) is 0 Å². The zero-order chi connectivity index (χ0) is 15.3. The van der Waals surface area contributed by atoms with E-state index in [1.165, 1.54) is 18.2 Å². The molecule has 0 heterocycles. The number of nitro groups is 1. The summed E-state index contributed by atoms with van der Waals surface area (Å²) in [6, 6.07) is 4.17. The predicted octanol–water partition coefficient (Wildman–Crippen LogP) is 1.67. The normalized spacial score (nSPS) is 10.6. The van der Waals surface area contributed by atoms with Crippen LogP contribution < -0.4 is 5.73 Å². The van der Waals surface area contributed by atoms with Gasteiger partial charge in [0.15, 0.2) is 0 Å². The zero-order valence-electron chi connectivity index (χ0n) is 11.8. The number of benzene rings is 1. The van der Waals surface area contributed by atoms with E-state index in [4.69, 9.17) is 10.5 Å². The Morgan fingerprint density at radius 2 is 2.15 bits per heavy atom. The maximum absolute atomic E-state index is 12.5. The first-order chi connectivity index (χ1) is 9.40. The number of carbonyl (C=O) groups excluding carboxylic acids is 1. The van der Waals surface area contributed by atoms with Gasteiger partial charge in [-0.1, -0.05) is 6.07 Å². The zero-order valence-corrected chi connectivity index (χ0v) is 11.8. The van der Waals surface area contributed by atoms with Crippen LogP contribution >= 0.6 is 0 Å². The Morgan fingerprint density at radius 3 is 2.65 bits per heavy atom. The van der Waals surface area contributed by atoms with Gasteiger partial charge >= 0.3 is 0 Å². The molecule has 1 aromatic carbocycles. The van der Waals surface area contributed by atoms with Gasteiger partial charge in [-0.15, -0.1) is 0 Å². The molecule has 110 valence electrons. The van der Waals surface area contributed by atoms with Crippen molar-refractivity contribution in [2.75, 3.05) is 26.0 Å². The number of hydrogen-bond donors (Lipinski definition) is 1. The molecule has 0 atom stereocenters. The molecule has 0 saturated carbocycles. The highest BCUT2D eigenvalue weighted by molar-refractivity contribution is 6.01. The number of amides is 1. The molecule has 0 aliphatic heterocycles. The number of nitrogens with zero attached hydrogens (tertiary/aromatic N) is 2. The number of para-hydroxylation sites is 1. The number of nitro benzene ring substituents is 1. The molecule has 7 nitrogen and oxygen atoms in total. The Hall–Kier alpha value is -2.15. The lowest BCUT2D eigenvalue weighted by Gasteiger charge is -2.26. The number of nitrogens with two attached hydrogens (primary N) is 1. The summed E-state index contributed by atoms with van der Waals surface area (Å²) in [7, 11) is 1.55. The fourth-order valence-electron chi connectivity index (χ4n) is 1.84. The van der Waals surface area contributed by atoms with E-state index >= 15 is 0 Å². The first-order valence-corrected chi connectivity index (χ1v) is 6.23. The van der Waals surface area contributed by atoms with Gasteiger partial charge in [-0.2, -0.15) is 0 Å². The van der Waals surface area contributed by atoms with Crippen LogP contribution in [0.3, 0.4) is 0 Å². The molecule has 1 aromatic rings. The molecule has 0 aliphatic carbocycles. The van der Waals surface area contributed by atoms with Gasteiger partial charge in [0.1, 0.15) is 5.69 Å². The standard InChI is InChI=1S/C13H19N3O4/c1-9(2)15(7-8-20-3)13(17)10-5-4-6-11(12(10)14)16(18)19/h4-6,9H,7-8,14H2,1-3H3. The molecule has 0 aliphatic rings. The SMILES string of the molecule is COCCN(C(=O)c1cccc([N+](=O)[O-])c1N)C(C)C. The Balaban J connectivity index is 3.12. The third-order valence-electron chi connectivity index (χ3n) is 2.93. The molecular formula is C13H19N3O4. The molecule has 0 aromatic heterocycles. The largest absolute Gasteiger partial charge is 0.393 e. The van der Waals surface area contributed by atoms with Crippen LogP contribution in [0.25, 0.3) is 0 Å². The van der Waals surface area contributed by atoms with E-state index in [2.05, 4.69) is 0 Å². The van der Waals surface area contributed by atoms with Crippen LogP contribution in [0, 0.1) is 10.1 Å². The second-order valence-corrected chi connectivity index (χ2v) is 4.58. The minimum Gasteiger partial charge on any atom is -0.393 e. The summed E-state index contributed by atoms with van der Waals surface area (Å²) >= 11 is 0. The lowest BCUT2D eigenvalue weighted by molar-refractivity contribution is -0.383. The van der Waals surface area contributed by atoms with Gasteiger partial charge in [0.2, 0.25) is 0 Å². The van der Waals surface area contributed by atoms with Crippen LogP contribution in [0.4, 0.5) is 11.4 Å². The van der Waals surface area contributed by atoms with E-state index in [1.54, 1.807) is 12.0 Å². The van der Waals surface area contributed by atoms with E-state index < -0.39 is 4.92 Å². The van der Waals surface area contributed by atoms with E-state index in [0.29, 0.717) is 13.2 Å². The van der Waals surface area contributed by atoms with Crippen molar-refractivity contribution >= 4 is 17.3 Å². The van der Waals surface area contributed by atoms with Gasteiger partial charge in [0, 0.05) is 25.8 Å². The van der Waals surface area contributed by atoms with Crippen LogP contribution in [0.2, 0.25) is 0 Å². The van der Waals surface area contributed by atoms with Gasteiger partial charge in [0.25, 0.3) is 11.6 Å². The summed E-state index contributed by atoms with van der Waals surface area (Å²) in [5, 5.41) is 10.9. The minimum absolute atomic E-state index is 0.0590. The molecule has 0 spiro atoms. The highest BCUT2D eigenvalue weighted by Gasteiger charge is 2.24. The molecule has 0 radical (unpaired) electrons. The summed E-state index contributed by atoms with van der Waals surface area (Å²) in [4.78, 5) is 24.3. The fraction of sp³-hybridized carbons (Fsp3) is 0.462. The highest BCUT2D eigenvalue weighted by atomic mass is 16.6. The number of ether oxygens (including phenoxy) is 1. The Kier molecular flexibility index (Phi) is 5.45. The van der Waals surface area contributed by atoms with Crippen LogP contribution in [0.1, 0.15) is 24.2 Å². The monoisotopic (exact) mass is 281 g/mol. The van der Waals surface area contributed by atoms with Crippen molar-refractivity contribution in [1.82, 2.24) is 4.90 Å². The quantitative estimate of drug-likeness (QED) is 0.486. The number of nitrogen functional groups attached to an aromatic ring is 1. The average molecular weight is 281 g/mol. The van der Waals surface area contributed by atoms with Gasteiger partial charge in [-0.3, -0.25) is 14.9 Å². The lowest BCUT2D eigenvalue weighted by Crippen LogP contribution is -2.39. The fourth-order valence-corrected chi connectivity index (χ4v) is 1.84. The van der Waals surface area contributed by atoms with Crippen molar-refractivity contribution in [1.29, 1.82) is 0 Å². The Morgan fingerprint density at radius 1 is 1.50 bits per heavy atom. The summed E-state index contributed by atoms with van der Waals surface area (Å²) < 4.78 is 4.97. The third-order valence-corrected chi connectivity index (χ3v) is 2.93. The lowest BCUT2D eigenvalue weighted by atomic mass is 10.1. The predicted molar refractivity (Wildman–Crippen MR) is 75.6 cm³/mol. The molecule has 0 unspecified atom stereocenters. The van der Waals surface area contributed by atoms with E-state index in [-0.39, 0.29) is 28.9 Å². The van der Waals surface area contributed by atoms with Crippen molar-refractivity contribution in [2.45, 2.75) is 19.9 Å². The first kappa shape index (κ1) is 15.9. The number of methoxy groups -OCH3 is 1. The maximum atomic E-state index is 12.5. The van der Waals surface area contributed by atoms with Crippen molar-refractivity contribution < 1.29 is 14.5 Å². The van der Waals surface area contributed by atoms with Gasteiger partial charge < -0.3 is 15.4 Å². The van der Waals surface area contributed by atoms with E-state index in [1.807, 2.05) is 13.8 Å². The molecular weight excluding hydrogens is 262 g/mol. The van der Waals surface area contributed by atoms with Crippen LogP contribution in [0.15, 0.2) is 18.2 Å². The summed E-state index contributed by atoms with van der Waals surface area (Å²) in [6.45, 7) is 4.51. The molecule has 0 saturated heterocycles. The van der Waals surface area contributed by atoms with E-state index in [0.717, 1.165) is 0 Å². The maximum Gasteiger partial charge on any atom is 0.292 e. The first-order valence-electron chi connectivity index (χ1n) is 6.23. The Bertz CT molecular complexity index is 502. The van der Waals surface area contributed by atoms with Crippen LogP contribution in [-0.2, 0) is 4.74 Å². The summed E-state index contributed by atoms with van der Waals surface area (Å²) in [5.41, 5.74) is 5.51. The van der Waals surface area contributed by atoms with Crippen molar-refractivity contribution in [3.05, 3.63) is 33.9 Å². The van der Waals surface area contributed by atoms with Crippen LogP contribution in [0.5, 0.6) is 0 Å². The number of carbonyl (C=O) groups is 1. The molecule has 20 heavy (non-hydrogen) atoms. The minimum atomic E-state index is -0.596. The molecule has 1 amide bonds. The number of rotatable bonds is 6. The van der Waals surface area contributed by atoms with E-state index in [9.17, 15) is 14.9 Å². The van der Waals surface area contributed by atoms with Crippen LogP contribution in [-0.4, -0.2) is 42.0 Å². The van der Waals surface area contributed by atoms with Crippen molar-refractivity contribution in [2.24, 2.45) is 0 Å². The molecule has 0 fully saturated rings. The average Bonchev–Trinajstić information content (AvgIpc) is 2.38.